The Morgan fingerprint density at radius 3 is 2.05 bits per heavy atom. The van der Waals surface area contributed by atoms with Crippen molar-refractivity contribution in [2.45, 2.75) is 32.2 Å². The summed E-state index contributed by atoms with van der Waals surface area (Å²) in [4.78, 5) is 34.7. The molecule has 6 heteroatoms. The highest BCUT2D eigenvalue weighted by atomic mass is 16.2. The summed E-state index contributed by atoms with van der Waals surface area (Å²) in [5.74, 6) is -2.26. The summed E-state index contributed by atoms with van der Waals surface area (Å²) in [6.07, 6.45) is 0.954. The first kappa shape index (κ1) is 14.0. The molecule has 3 amide bonds. The Bertz CT molecular complexity index is 571. The third kappa shape index (κ3) is 2.96. The van der Waals surface area contributed by atoms with Gasteiger partial charge in [-0.05, 0) is 49.9 Å². The molecule has 0 aliphatic heterocycles. The van der Waals surface area contributed by atoms with Gasteiger partial charge < -0.3 is 16.4 Å². The van der Waals surface area contributed by atoms with Gasteiger partial charge >= 0.3 is 11.8 Å². The summed E-state index contributed by atoms with van der Waals surface area (Å²) in [5.41, 5.74) is 6.67. The summed E-state index contributed by atoms with van der Waals surface area (Å²) >= 11 is 0. The molecule has 0 heterocycles. The van der Waals surface area contributed by atoms with Crippen molar-refractivity contribution >= 4 is 23.4 Å². The Morgan fingerprint density at radius 2 is 1.60 bits per heavy atom. The summed E-state index contributed by atoms with van der Waals surface area (Å²) in [6.45, 7) is 3.80. The zero-order valence-corrected chi connectivity index (χ0v) is 11.4. The first-order valence-electron chi connectivity index (χ1n) is 6.34. The quantitative estimate of drug-likeness (QED) is 0.695. The van der Waals surface area contributed by atoms with Crippen molar-refractivity contribution in [2.24, 2.45) is 5.73 Å². The Labute approximate surface area is 116 Å². The largest absolute Gasteiger partial charge is 0.368 e. The van der Waals surface area contributed by atoms with Gasteiger partial charge in [-0.3, -0.25) is 14.4 Å². The minimum absolute atomic E-state index is 0.477. The number of amides is 3. The molecule has 20 heavy (non-hydrogen) atoms. The molecular weight excluding hydrogens is 258 g/mol. The van der Waals surface area contributed by atoms with E-state index in [2.05, 4.69) is 10.6 Å². The molecule has 1 aromatic carbocycles. The lowest BCUT2D eigenvalue weighted by Crippen LogP contribution is -2.50. The van der Waals surface area contributed by atoms with Gasteiger partial charge in [0.2, 0.25) is 5.91 Å². The normalized spacial score (nSPS) is 15.3. The molecule has 2 rings (SSSR count). The second-order valence-corrected chi connectivity index (χ2v) is 5.23. The molecule has 0 saturated heterocycles. The number of carbonyl (C=O) groups excluding carboxylic acids is 3. The van der Waals surface area contributed by atoms with Gasteiger partial charge in [-0.2, -0.15) is 0 Å². The Morgan fingerprint density at radius 1 is 1.05 bits per heavy atom. The molecule has 1 aliphatic rings. The van der Waals surface area contributed by atoms with Crippen molar-refractivity contribution in [2.75, 3.05) is 5.32 Å². The van der Waals surface area contributed by atoms with Crippen molar-refractivity contribution in [3.8, 4) is 0 Å². The molecule has 1 fully saturated rings. The molecule has 1 aromatic rings. The second-order valence-electron chi connectivity index (χ2n) is 5.23. The maximum Gasteiger partial charge on any atom is 0.313 e. The molecule has 0 atom stereocenters. The van der Waals surface area contributed by atoms with Crippen molar-refractivity contribution in [1.82, 2.24) is 5.32 Å². The predicted molar refractivity (Wildman–Crippen MR) is 73.8 cm³/mol. The van der Waals surface area contributed by atoms with Crippen molar-refractivity contribution in [3.05, 3.63) is 29.3 Å². The standard InChI is InChI=1S/C14H17N3O3/c1-8-5-9(2)7-10(6-8)16-11(18)12(19)17-14(3-4-14)13(15)20/h5-7H,3-4H2,1-2H3,(H2,15,20)(H,16,18)(H,17,19). The number of nitrogens with one attached hydrogen (secondary N) is 2. The molecule has 0 aromatic heterocycles. The van der Waals surface area contributed by atoms with Crippen molar-refractivity contribution in [3.63, 3.8) is 0 Å². The summed E-state index contributed by atoms with van der Waals surface area (Å²) in [5, 5.41) is 4.90. The van der Waals surface area contributed by atoms with Crippen LogP contribution in [0.3, 0.4) is 0 Å². The van der Waals surface area contributed by atoms with Crippen LogP contribution in [0.5, 0.6) is 0 Å². The molecule has 6 nitrogen and oxygen atoms in total. The number of rotatable bonds is 3. The topological polar surface area (TPSA) is 101 Å². The average molecular weight is 275 g/mol. The van der Waals surface area contributed by atoms with Crippen molar-refractivity contribution < 1.29 is 14.4 Å². The Kier molecular flexibility index (Phi) is 3.48. The van der Waals surface area contributed by atoms with E-state index in [0.717, 1.165) is 11.1 Å². The van der Waals surface area contributed by atoms with Gasteiger partial charge in [0.15, 0.2) is 0 Å². The smallest absolute Gasteiger partial charge is 0.313 e. The lowest BCUT2D eigenvalue weighted by atomic mass is 10.1. The van der Waals surface area contributed by atoms with E-state index in [1.807, 2.05) is 19.9 Å². The molecule has 0 bridgehead atoms. The molecule has 1 aliphatic carbocycles. The summed E-state index contributed by atoms with van der Waals surface area (Å²) < 4.78 is 0. The number of carbonyl (C=O) groups is 3. The Hall–Kier alpha value is -2.37. The monoisotopic (exact) mass is 275 g/mol. The third-order valence-electron chi connectivity index (χ3n) is 3.26. The lowest BCUT2D eigenvalue weighted by Gasteiger charge is -2.13. The second kappa shape index (κ2) is 4.96. The minimum atomic E-state index is -1.03. The van der Waals surface area contributed by atoms with Gasteiger partial charge in [-0.1, -0.05) is 6.07 Å². The van der Waals surface area contributed by atoms with Crippen LogP contribution in [-0.4, -0.2) is 23.3 Å². The molecule has 0 spiro atoms. The Balaban J connectivity index is 2.01. The zero-order chi connectivity index (χ0) is 14.9. The molecule has 106 valence electrons. The molecule has 1 saturated carbocycles. The van der Waals surface area contributed by atoms with Crippen molar-refractivity contribution in [1.29, 1.82) is 0 Å². The van der Waals surface area contributed by atoms with E-state index < -0.39 is 23.3 Å². The number of nitrogens with two attached hydrogens (primary N) is 1. The lowest BCUT2D eigenvalue weighted by molar-refractivity contribution is -0.138. The van der Waals surface area contributed by atoms with Gasteiger partial charge in [0, 0.05) is 5.69 Å². The summed E-state index contributed by atoms with van der Waals surface area (Å²) in [6, 6.07) is 5.49. The third-order valence-corrected chi connectivity index (χ3v) is 3.26. The van der Waals surface area contributed by atoms with E-state index >= 15 is 0 Å². The SMILES string of the molecule is Cc1cc(C)cc(NC(=O)C(=O)NC2(C(N)=O)CC2)c1. The van der Waals surface area contributed by atoms with E-state index in [9.17, 15) is 14.4 Å². The van der Waals surface area contributed by atoms with Crippen LogP contribution >= 0.6 is 0 Å². The number of aryl methyl sites for hydroxylation is 2. The molecule has 0 unspecified atom stereocenters. The van der Waals surface area contributed by atoms with Gasteiger partial charge in [-0.25, -0.2) is 0 Å². The first-order chi connectivity index (χ1) is 9.32. The maximum atomic E-state index is 11.8. The van der Waals surface area contributed by atoms with Crippen LogP contribution in [0.4, 0.5) is 5.69 Å². The maximum absolute atomic E-state index is 11.8. The van der Waals surface area contributed by atoms with E-state index in [1.165, 1.54) is 0 Å². The first-order valence-corrected chi connectivity index (χ1v) is 6.34. The zero-order valence-electron chi connectivity index (χ0n) is 11.4. The number of benzene rings is 1. The number of primary amides is 1. The van der Waals surface area contributed by atoms with E-state index in [1.54, 1.807) is 12.1 Å². The molecule has 0 radical (unpaired) electrons. The fourth-order valence-electron chi connectivity index (χ4n) is 2.07. The van der Waals surface area contributed by atoms with Crippen LogP contribution in [0, 0.1) is 13.8 Å². The fourth-order valence-corrected chi connectivity index (χ4v) is 2.07. The summed E-state index contributed by atoms with van der Waals surface area (Å²) in [7, 11) is 0. The molecule has 4 N–H and O–H groups in total. The highest BCUT2D eigenvalue weighted by molar-refractivity contribution is 6.40. The molecular formula is C14H17N3O3. The van der Waals surface area contributed by atoms with Gasteiger partial charge in [0.25, 0.3) is 0 Å². The average Bonchev–Trinajstić information content (AvgIpc) is 3.08. The number of anilines is 1. The van der Waals surface area contributed by atoms with Gasteiger partial charge in [0.1, 0.15) is 5.54 Å². The van der Waals surface area contributed by atoms with Crippen LogP contribution in [-0.2, 0) is 14.4 Å². The van der Waals surface area contributed by atoms with Crippen LogP contribution < -0.4 is 16.4 Å². The van der Waals surface area contributed by atoms with Crippen LogP contribution in [0.2, 0.25) is 0 Å². The van der Waals surface area contributed by atoms with Gasteiger partial charge in [-0.15, -0.1) is 0 Å². The van der Waals surface area contributed by atoms with Crippen LogP contribution in [0.1, 0.15) is 24.0 Å². The van der Waals surface area contributed by atoms with E-state index in [0.29, 0.717) is 18.5 Å². The fraction of sp³-hybridized carbons (Fsp3) is 0.357. The van der Waals surface area contributed by atoms with Crippen LogP contribution in [0.25, 0.3) is 0 Å². The highest BCUT2D eigenvalue weighted by Crippen LogP contribution is 2.34. The highest BCUT2D eigenvalue weighted by Gasteiger charge is 2.50. The van der Waals surface area contributed by atoms with Gasteiger partial charge in [0.05, 0.1) is 0 Å². The van der Waals surface area contributed by atoms with E-state index in [4.69, 9.17) is 5.73 Å². The number of hydrogen-bond donors (Lipinski definition) is 3. The predicted octanol–water partition coefficient (Wildman–Crippen LogP) is 0.376. The van der Waals surface area contributed by atoms with Crippen LogP contribution in [0.15, 0.2) is 18.2 Å². The number of hydrogen-bond acceptors (Lipinski definition) is 3. The van der Waals surface area contributed by atoms with E-state index in [-0.39, 0.29) is 0 Å². The minimum Gasteiger partial charge on any atom is -0.368 e.